The van der Waals surface area contributed by atoms with Gasteiger partial charge in [-0.1, -0.05) is 24.3 Å². The van der Waals surface area contributed by atoms with Crippen molar-refractivity contribution in [1.29, 1.82) is 0 Å². The van der Waals surface area contributed by atoms with Crippen molar-refractivity contribution >= 4 is 21.4 Å². The van der Waals surface area contributed by atoms with E-state index in [1.165, 1.54) is 37.4 Å². The Morgan fingerprint density at radius 2 is 1.70 bits per heavy atom. The molecule has 1 aromatic heterocycles. The van der Waals surface area contributed by atoms with Crippen LogP contribution in [0.3, 0.4) is 0 Å². The lowest BCUT2D eigenvalue weighted by Gasteiger charge is -2.09. The van der Waals surface area contributed by atoms with Crippen molar-refractivity contribution < 1.29 is 18.1 Å². The average Bonchev–Trinajstić information content (AvgIpc) is 2.68. The molecule has 0 unspecified atom stereocenters. The fraction of sp³-hybridized carbons (Fsp3) is 0.0588. The van der Waals surface area contributed by atoms with Crippen LogP contribution in [0.5, 0.6) is 5.88 Å². The first kappa shape index (κ1) is 18.3. The summed E-state index contributed by atoms with van der Waals surface area (Å²) in [6, 6.07) is 14.9. The Balaban J connectivity index is 1.84. The first-order valence-corrected chi connectivity index (χ1v) is 9.13. The maximum atomic E-state index is 12.5. The molecule has 0 aliphatic heterocycles. The highest BCUT2D eigenvalue weighted by Crippen LogP contribution is 2.26. The van der Waals surface area contributed by atoms with E-state index < -0.39 is 25.5 Å². The molecule has 2 aromatic carbocycles. The van der Waals surface area contributed by atoms with Crippen molar-refractivity contribution in [2.75, 3.05) is 11.8 Å². The SMILES string of the molecule is COc1ccc(-c2ccc(NS(=O)(=O)c3ccccc3[N+](=O)[O-])cc2)nn1. The zero-order valence-corrected chi connectivity index (χ0v) is 14.9. The van der Waals surface area contributed by atoms with Crippen LogP contribution in [0.25, 0.3) is 11.3 Å². The Labute approximate surface area is 154 Å². The summed E-state index contributed by atoms with van der Waals surface area (Å²) in [6.07, 6.45) is 0. The molecule has 0 spiro atoms. The van der Waals surface area contributed by atoms with Gasteiger partial charge in [0.1, 0.15) is 0 Å². The zero-order chi connectivity index (χ0) is 19.4. The number of benzene rings is 2. The van der Waals surface area contributed by atoms with Gasteiger partial charge in [0.2, 0.25) is 5.88 Å². The minimum Gasteiger partial charge on any atom is -0.480 e. The standard InChI is InChI=1S/C17H14N4O5S/c1-26-17-11-10-14(18-19-17)12-6-8-13(9-7-12)20-27(24,25)16-5-3-2-4-15(16)21(22)23/h2-11,20H,1H3. The van der Waals surface area contributed by atoms with E-state index in [4.69, 9.17) is 4.74 Å². The third-order valence-corrected chi connectivity index (χ3v) is 5.06. The molecule has 10 heteroatoms. The Kier molecular flexibility index (Phi) is 4.99. The van der Waals surface area contributed by atoms with Gasteiger partial charge in [-0.05, 0) is 24.3 Å². The van der Waals surface area contributed by atoms with Gasteiger partial charge in [0, 0.05) is 23.4 Å². The molecule has 3 rings (SSSR count). The van der Waals surface area contributed by atoms with E-state index >= 15 is 0 Å². The second-order valence-electron chi connectivity index (χ2n) is 5.37. The molecule has 0 radical (unpaired) electrons. The van der Waals surface area contributed by atoms with Crippen molar-refractivity contribution in [2.24, 2.45) is 0 Å². The van der Waals surface area contributed by atoms with Crippen LogP contribution >= 0.6 is 0 Å². The number of anilines is 1. The number of hydrogen-bond donors (Lipinski definition) is 1. The molecule has 0 saturated heterocycles. The van der Waals surface area contributed by atoms with E-state index in [0.29, 0.717) is 11.6 Å². The van der Waals surface area contributed by atoms with Crippen LogP contribution < -0.4 is 9.46 Å². The third-order valence-electron chi connectivity index (χ3n) is 3.63. The largest absolute Gasteiger partial charge is 0.480 e. The van der Waals surface area contributed by atoms with Gasteiger partial charge in [0.25, 0.3) is 15.7 Å². The smallest absolute Gasteiger partial charge is 0.289 e. The number of para-hydroxylation sites is 1. The summed E-state index contributed by atoms with van der Waals surface area (Å²) in [7, 11) is -2.62. The van der Waals surface area contributed by atoms with E-state index in [1.54, 1.807) is 24.3 Å². The Bertz CT molecular complexity index is 1070. The quantitative estimate of drug-likeness (QED) is 0.510. The lowest BCUT2D eigenvalue weighted by molar-refractivity contribution is -0.387. The highest BCUT2D eigenvalue weighted by atomic mass is 32.2. The Morgan fingerprint density at radius 1 is 1.00 bits per heavy atom. The molecule has 1 heterocycles. The minimum absolute atomic E-state index is 0.262. The number of aromatic nitrogens is 2. The van der Waals surface area contributed by atoms with Gasteiger partial charge in [-0.25, -0.2) is 8.42 Å². The highest BCUT2D eigenvalue weighted by Gasteiger charge is 2.25. The van der Waals surface area contributed by atoms with Gasteiger partial charge >= 0.3 is 0 Å². The highest BCUT2D eigenvalue weighted by molar-refractivity contribution is 7.92. The lowest BCUT2D eigenvalue weighted by atomic mass is 10.1. The number of ether oxygens (including phenoxy) is 1. The van der Waals surface area contributed by atoms with Crippen LogP contribution in [-0.4, -0.2) is 30.6 Å². The molecule has 0 bridgehead atoms. The lowest BCUT2D eigenvalue weighted by Crippen LogP contribution is -2.14. The van der Waals surface area contributed by atoms with E-state index in [2.05, 4.69) is 14.9 Å². The van der Waals surface area contributed by atoms with E-state index in [0.717, 1.165) is 11.6 Å². The maximum absolute atomic E-state index is 12.5. The molecule has 9 nitrogen and oxygen atoms in total. The van der Waals surface area contributed by atoms with Gasteiger partial charge in [0.15, 0.2) is 4.90 Å². The zero-order valence-electron chi connectivity index (χ0n) is 14.1. The number of nitro benzene ring substituents is 1. The molecule has 0 atom stereocenters. The Morgan fingerprint density at radius 3 is 2.30 bits per heavy atom. The fourth-order valence-corrected chi connectivity index (χ4v) is 3.57. The number of rotatable bonds is 6. The summed E-state index contributed by atoms with van der Waals surface area (Å²) in [5, 5.41) is 18.9. The average molecular weight is 386 g/mol. The topological polar surface area (TPSA) is 124 Å². The third kappa shape index (κ3) is 4.01. The van der Waals surface area contributed by atoms with Crippen LogP contribution in [-0.2, 0) is 10.0 Å². The van der Waals surface area contributed by atoms with Crippen molar-refractivity contribution in [1.82, 2.24) is 10.2 Å². The number of hydrogen-bond acceptors (Lipinski definition) is 7. The first-order chi connectivity index (χ1) is 12.9. The molecule has 0 amide bonds. The van der Waals surface area contributed by atoms with E-state index in [-0.39, 0.29) is 5.69 Å². The van der Waals surface area contributed by atoms with Crippen LogP contribution in [0.2, 0.25) is 0 Å². The van der Waals surface area contributed by atoms with Gasteiger partial charge in [-0.15, -0.1) is 10.2 Å². The monoisotopic (exact) mass is 386 g/mol. The number of nitrogens with zero attached hydrogens (tertiary/aromatic N) is 3. The Hall–Kier alpha value is -3.53. The van der Waals surface area contributed by atoms with Gasteiger partial charge in [-0.3, -0.25) is 14.8 Å². The van der Waals surface area contributed by atoms with Gasteiger partial charge in [-0.2, -0.15) is 0 Å². The summed E-state index contributed by atoms with van der Waals surface area (Å²) in [5.74, 6) is 0.382. The van der Waals surface area contributed by atoms with Crippen LogP contribution in [0.4, 0.5) is 11.4 Å². The van der Waals surface area contributed by atoms with Crippen molar-refractivity contribution in [3.05, 3.63) is 70.8 Å². The molecule has 0 aliphatic rings. The molecular weight excluding hydrogens is 372 g/mol. The molecule has 138 valence electrons. The molecule has 3 aromatic rings. The summed E-state index contributed by atoms with van der Waals surface area (Å²) in [5.41, 5.74) is 1.08. The second kappa shape index (κ2) is 7.38. The van der Waals surface area contributed by atoms with Crippen molar-refractivity contribution in [3.63, 3.8) is 0 Å². The molecule has 0 fully saturated rings. The molecule has 1 N–H and O–H groups in total. The predicted molar refractivity (Wildman–Crippen MR) is 97.9 cm³/mol. The normalized spacial score (nSPS) is 11.0. The van der Waals surface area contributed by atoms with Gasteiger partial charge < -0.3 is 4.74 Å². The van der Waals surface area contributed by atoms with Crippen molar-refractivity contribution in [2.45, 2.75) is 4.90 Å². The number of methoxy groups -OCH3 is 1. The van der Waals surface area contributed by atoms with Crippen LogP contribution in [0, 0.1) is 10.1 Å². The van der Waals surface area contributed by atoms with Crippen LogP contribution in [0.1, 0.15) is 0 Å². The van der Waals surface area contributed by atoms with Gasteiger partial charge in [0.05, 0.1) is 17.7 Å². The minimum atomic E-state index is -4.11. The van der Waals surface area contributed by atoms with E-state index in [9.17, 15) is 18.5 Å². The summed E-state index contributed by atoms with van der Waals surface area (Å²) in [6.45, 7) is 0. The number of nitro groups is 1. The molecule has 27 heavy (non-hydrogen) atoms. The summed E-state index contributed by atoms with van der Waals surface area (Å²) in [4.78, 5) is 9.92. The van der Waals surface area contributed by atoms with E-state index in [1.807, 2.05) is 0 Å². The fourth-order valence-electron chi connectivity index (χ4n) is 2.34. The maximum Gasteiger partial charge on any atom is 0.289 e. The first-order valence-electron chi connectivity index (χ1n) is 7.65. The van der Waals surface area contributed by atoms with Crippen LogP contribution in [0.15, 0.2) is 65.6 Å². The number of nitrogens with one attached hydrogen (secondary N) is 1. The molecular formula is C17H14N4O5S. The summed E-state index contributed by atoms with van der Waals surface area (Å²) < 4.78 is 32.3. The second-order valence-corrected chi connectivity index (χ2v) is 7.02. The predicted octanol–water partition coefficient (Wildman–Crippen LogP) is 2.86. The number of sulfonamides is 1. The molecule has 0 saturated carbocycles. The van der Waals surface area contributed by atoms with Crippen molar-refractivity contribution in [3.8, 4) is 17.1 Å². The molecule has 0 aliphatic carbocycles. The summed E-state index contributed by atoms with van der Waals surface area (Å²) >= 11 is 0.